The number of thiazole rings is 1. The number of sulfonamides is 1. The van der Waals surface area contributed by atoms with Gasteiger partial charge >= 0.3 is 0 Å². The van der Waals surface area contributed by atoms with Crippen LogP contribution < -0.4 is 4.72 Å². The fraction of sp³-hybridized carbons (Fsp3) is 0.500. The molecule has 2 rings (SSSR count). The number of nitrogens with zero attached hydrogens (tertiary/aromatic N) is 2. The van der Waals surface area contributed by atoms with Gasteiger partial charge in [-0.05, 0) is 13.2 Å². The molecule has 1 atom stereocenters. The molecule has 2 aromatic heterocycles. The van der Waals surface area contributed by atoms with Crippen LogP contribution in [0.4, 0.5) is 0 Å². The number of hydrogen-bond acceptors (Lipinski definition) is 6. The molecule has 0 aromatic carbocycles. The zero-order valence-electron chi connectivity index (χ0n) is 10.8. The Hall–Kier alpha value is -0.320. The van der Waals surface area contributed by atoms with Gasteiger partial charge in [0, 0.05) is 23.9 Å². The molecule has 2 heterocycles. The Bertz CT molecular complexity index is 708. The van der Waals surface area contributed by atoms with Gasteiger partial charge in [-0.25, -0.2) is 18.1 Å². The first-order valence-corrected chi connectivity index (χ1v) is 9.72. The van der Waals surface area contributed by atoms with E-state index >= 15 is 0 Å². The van der Waals surface area contributed by atoms with E-state index in [1.165, 1.54) is 27.5 Å². The first kappa shape index (κ1) is 16.1. The molecule has 0 aliphatic carbocycles. The predicted molar refractivity (Wildman–Crippen MR) is 82.3 cm³/mol. The third-order valence-electron chi connectivity index (χ3n) is 2.53. The molecule has 2 N–H and O–H groups in total. The van der Waals surface area contributed by atoms with E-state index < -0.39 is 15.6 Å². The first-order valence-electron chi connectivity index (χ1n) is 5.59. The Morgan fingerprint density at radius 3 is 3.00 bits per heavy atom. The molecule has 2 aromatic rings. The van der Waals surface area contributed by atoms with E-state index in [-0.39, 0.29) is 16.7 Å². The molecule has 1 unspecified atom stereocenters. The van der Waals surface area contributed by atoms with Crippen LogP contribution in [0.2, 0.25) is 5.15 Å². The molecule has 0 fully saturated rings. The second kappa shape index (κ2) is 5.82. The summed E-state index contributed by atoms with van der Waals surface area (Å²) < 4.78 is 28.4. The summed E-state index contributed by atoms with van der Waals surface area (Å²) in [6, 6.07) is 0. The number of imidazole rings is 1. The number of fused-ring (bicyclic) bond motifs is 1. The summed E-state index contributed by atoms with van der Waals surface area (Å²) in [5.41, 5.74) is -1.13. The maximum absolute atomic E-state index is 12.3. The minimum absolute atomic E-state index is 0.0751. The summed E-state index contributed by atoms with van der Waals surface area (Å²) in [5.74, 6) is 0.420. The predicted octanol–water partition coefficient (Wildman–Crippen LogP) is 1.44. The van der Waals surface area contributed by atoms with Crippen molar-refractivity contribution in [1.29, 1.82) is 0 Å². The second-order valence-electron chi connectivity index (χ2n) is 4.52. The van der Waals surface area contributed by atoms with Crippen molar-refractivity contribution in [1.82, 2.24) is 14.1 Å². The quantitative estimate of drug-likeness (QED) is 0.819. The zero-order valence-corrected chi connectivity index (χ0v) is 14.0. The molecule has 6 nitrogen and oxygen atoms in total. The standard InChI is InChI=1S/C10H14ClN3O3S3/c1-10(15,6-18-2)5-12-20(16,17)8-7(11)13-9-14(8)3-4-19-9/h3-4,12,15H,5-6H2,1-2H3. The average molecular weight is 356 g/mol. The maximum Gasteiger partial charge on any atom is 0.259 e. The largest absolute Gasteiger partial charge is 0.388 e. The minimum Gasteiger partial charge on any atom is -0.388 e. The molecule has 0 saturated heterocycles. The number of aliphatic hydroxyl groups is 1. The zero-order chi connectivity index (χ0) is 15.0. The fourth-order valence-corrected chi connectivity index (χ4v) is 4.99. The van der Waals surface area contributed by atoms with Crippen LogP contribution >= 0.6 is 34.7 Å². The summed E-state index contributed by atoms with van der Waals surface area (Å²) in [4.78, 5) is 4.49. The number of rotatable bonds is 6. The van der Waals surface area contributed by atoms with Crippen LogP contribution in [0.5, 0.6) is 0 Å². The number of halogens is 1. The van der Waals surface area contributed by atoms with E-state index in [0.717, 1.165) is 0 Å². The molecule has 0 aliphatic rings. The topological polar surface area (TPSA) is 83.7 Å². The monoisotopic (exact) mass is 355 g/mol. The van der Waals surface area contributed by atoms with Gasteiger partial charge in [-0.2, -0.15) is 11.8 Å². The van der Waals surface area contributed by atoms with Gasteiger partial charge in [0.15, 0.2) is 15.1 Å². The molecule has 112 valence electrons. The van der Waals surface area contributed by atoms with Gasteiger partial charge in [-0.3, -0.25) is 4.40 Å². The summed E-state index contributed by atoms with van der Waals surface area (Å²) in [5, 5.41) is 11.6. The molecule has 0 aliphatic heterocycles. The van der Waals surface area contributed by atoms with E-state index in [4.69, 9.17) is 11.6 Å². The molecule has 0 saturated carbocycles. The highest BCUT2D eigenvalue weighted by molar-refractivity contribution is 7.98. The molecular weight excluding hydrogens is 342 g/mol. The highest BCUT2D eigenvalue weighted by Gasteiger charge is 2.28. The smallest absolute Gasteiger partial charge is 0.259 e. The van der Waals surface area contributed by atoms with E-state index in [1.54, 1.807) is 18.5 Å². The van der Waals surface area contributed by atoms with Crippen molar-refractivity contribution in [2.45, 2.75) is 17.6 Å². The van der Waals surface area contributed by atoms with Gasteiger partial charge in [-0.15, -0.1) is 11.3 Å². The lowest BCUT2D eigenvalue weighted by Crippen LogP contribution is -2.42. The van der Waals surface area contributed by atoms with Crippen molar-refractivity contribution in [3.63, 3.8) is 0 Å². The van der Waals surface area contributed by atoms with Crippen LogP contribution in [0.1, 0.15) is 6.92 Å². The Morgan fingerprint density at radius 1 is 1.65 bits per heavy atom. The van der Waals surface area contributed by atoms with Crippen LogP contribution in [0.25, 0.3) is 4.96 Å². The molecule has 20 heavy (non-hydrogen) atoms. The molecule has 0 amide bonds. The lowest BCUT2D eigenvalue weighted by atomic mass is 10.1. The Labute approximate surface area is 130 Å². The van der Waals surface area contributed by atoms with Crippen molar-refractivity contribution in [3.05, 3.63) is 16.7 Å². The van der Waals surface area contributed by atoms with Crippen molar-refractivity contribution in [2.75, 3.05) is 18.6 Å². The van der Waals surface area contributed by atoms with Crippen molar-refractivity contribution < 1.29 is 13.5 Å². The lowest BCUT2D eigenvalue weighted by molar-refractivity contribution is 0.0908. The third kappa shape index (κ3) is 3.29. The number of thioether (sulfide) groups is 1. The van der Waals surface area contributed by atoms with Gasteiger partial charge in [0.2, 0.25) is 0 Å². The Morgan fingerprint density at radius 2 is 2.35 bits per heavy atom. The highest BCUT2D eigenvalue weighted by atomic mass is 35.5. The SMILES string of the molecule is CSCC(C)(O)CNS(=O)(=O)c1c(Cl)nc2sccn12. The van der Waals surface area contributed by atoms with Crippen LogP contribution in [0, 0.1) is 0 Å². The highest BCUT2D eigenvalue weighted by Crippen LogP contribution is 2.25. The fourth-order valence-electron chi connectivity index (χ4n) is 1.66. The molecule has 0 spiro atoms. The maximum atomic E-state index is 12.3. The van der Waals surface area contributed by atoms with Gasteiger partial charge in [0.25, 0.3) is 10.0 Å². The molecule has 0 bridgehead atoms. The summed E-state index contributed by atoms with van der Waals surface area (Å²) >= 11 is 8.62. The second-order valence-corrected chi connectivity index (χ2v) is 8.30. The van der Waals surface area contributed by atoms with Crippen LogP contribution in [0.15, 0.2) is 16.6 Å². The van der Waals surface area contributed by atoms with Crippen molar-refractivity contribution in [3.8, 4) is 0 Å². The van der Waals surface area contributed by atoms with Crippen molar-refractivity contribution in [2.24, 2.45) is 0 Å². The number of hydrogen-bond donors (Lipinski definition) is 2. The van der Waals surface area contributed by atoms with E-state index in [9.17, 15) is 13.5 Å². The Kier molecular flexibility index (Phi) is 4.67. The van der Waals surface area contributed by atoms with Crippen LogP contribution in [-0.4, -0.2) is 47.1 Å². The van der Waals surface area contributed by atoms with Gasteiger partial charge < -0.3 is 5.11 Å². The summed E-state index contributed by atoms with van der Waals surface area (Å²) in [6.45, 7) is 1.48. The average Bonchev–Trinajstić information content (AvgIpc) is 2.86. The van der Waals surface area contributed by atoms with Crippen LogP contribution in [0.3, 0.4) is 0 Å². The molecular formula is C10H14ClN3O3S3. The molecule has 0 radical (unpaired) electrons. The lowest BCUT2D eigenvalue weighted by Gasteiger charge is -2.22. The van der Waals surface area contributed by atoms with Gasteiger partial charge in [0.05, 0.1) is 5.60 Å². The van der Waals surface area contributed by atoms with Gasteiger partial charge in [0.1, 0.15) is 0 Å². The summed E-state index contributed by atoms with van der Waals surface area (Å²) in [7, 11) is -3.84. The van der Waals surface area contributed by atoms with E-state index in [1.807, 2.05) is 6.26 Å². The van der Waals surface area contributed by atoms with E-state index in [2.05, 4.69) is 9.71 Å². The summed E-state index contributed by atoms with van der Waals surface area (Å²) in [6.07, 6.45) is 3.43. The van der Waals surface area contributed by atoms with E-state index in [0.29, 0.717) is 10.7 Å². The van der Waals surface area contributed by atoms with Crippen LogP contribution in [-0.2, 0) is 10.0 Å². The number of aromatic nitrogens is 2. The first-order chi connectivity index (χ1) is 9.27. The van der Waals surface area contributed by atoms with Crippen molar-refractivity contribution >= 4 is 49.7 Å². The van der Waals surface area contributed by atoms with Gasteiger partial charge in [-0.1, -0.05) is 11.6 Å². The Balaban J connectivity index is 2.27. The normalized spacial score (nSPS) is 15.6. The minimum atomic E-state index is -3.84. The molecule has 10 heteroatoms. The number of nitrogens with one attached hydrogen (secondary N) is 1. The third-order valence-corrected chi connectivity index (χ3v) is 6.00.